The van der Waals surface area contributed by atoms with Gasteiger partial charge in [-0.05, 0) is 22.9 Å². The number of rotatable bonds is 2. The van der Waals surface area contributed by atoms with Gasteiger partial charge < -0.3 is 0 Å². The second-order valence-corrected chi connectivity index (χ2v) is 4.65. The van der Waals surface area contributed by atoms with E-state index in [1.807, 2.05) is 42.5 Å². The van der Waals surface area contributed by atoms with Crippen molar-refractivity contribution in [3.8, 4) is 0 Å². The Kier molecular flexibility index (Phi) is 3.02. The summed E-state index contributed by atoms with van der Waals surface area (Å²) in [6, 6.07) is 15.2. The van der Waals surface area contributed by atoms with Gasteiger partial charge in [0, 0.05) is 23.5 Å². The molecule has 0 amide bonds. The van der Waals surface area contributed by atoms with Gasteiger partial charge in [-0.15, -0.1) is 0 Å². The molecule has 2 aromatic carbocycles. The third-order valence-corrected chi connectivity index (χ3v) is 3.33. The van der Waals surface area contributed by atoms with Crippen LogP contribution >= 0.6 is 11.6 Å². The Morgan fingerprint density at radius 3 is 2.58 bits per heavy atom. The molecule has 0 aliphatic rings. The maximum Gasteiger partial charge on any atom is 0.194 e. The molecule has 0 radical (unpaired) electrons. The van der Waals surface area contributed by atoms with E-state index < -0.39 is 0 Å². The van der Waals surface area contributed by atoms with E-state index in [-0.39, 0.29) is 5.78 Å². The molecule has 0 fully saturated rings. The zero-order valence-electron chi connectivity index (χ0n) is 10.0. The van der Waals surface area contributed by atoms with E-state index in [2.05, 4.69) is 4.98 Å². The quantitative estimate of drug-likeness (QED) is 0.654. The highest BCUT2D eigenvalue weighted by Crippen LogP contribution is 2.21. The van der Waals surface area contributed by atoms with E-state index in [4.69, 9.17) is 11.6 Å². The lowest BCUT2D eigenvalue weighted by atomic mass is 10.0. The van der Waals surface area contributed by atoms with Crippen LogP contribution in [0.5, 0.6) is 0 Å². The van der Waals surface area contributed by atoms with Crippen molar-refractivity contribution in [1.82, 2.24) is 4.98 Å². The minimum atomic E-state index is -0.0850. The molecule has 2 nitrogen and oxygen atoms in total. The fourth-order valence-electron chi connectivity index (χ4n) is 2.05. The summed E-state index contributed by atoms with van der Waals surface area (Å²) in [5, 5.41) is 2.53. The van der Waals surface area contributed by atoms with Crippen LogP contribution in [0.25, 0.3) is 10.8 Å². The summed E-state index contributed by atoms with van der Waals surface area (Å²) in [5.74, 6) is -0.0850. The molecule has 92 valence electrons. The SMILES string of the molecule is O=C(c1ccc2ccccc2c1)c1ccncc1Cl. The summed E-state index contributed by atoms with van der Waals surface area (Å²) in [7, 11) is 0. The van der Waals surface area contributed by atoms with Crippen LogP contribution in [-0.2, 0) is 0 Å². The lowest BCUT2D eigenvalue weighted by molar-refractivity contribution is 0.103. The van der Waals surface area contributed by atoms with Crippen molar-refractivity contribution in [3.05, 3.63) is 77.1 Å². The van der Waals surface area contributed by atoms with Crippen molar-refractivity contribution in [2.75, 3.05) is 0 Å². The molecule has 0 saturated carbocycles. The van der Waals surface area contributed by atoms with E-state index in [1.54, 1.807) is 12.3 Å². The highest BCUT2D eigenvalue weighted by molar-refractivity contribution is 6.34. The average molecular weight is 268 g/mol. The Hall–Kier alpha value is -2.19. The van der Waals surface area contributed by atoms with Crippen LogP contribution in [-0.4, -0.2) is 10.8 Å². The Bertz CT molecular complexity index is 767. The van der Waals surface area contributed by atoms with Crippen LogP contribution in [0.4, 0.5) is 0 Å². The molecule has 1 heterocycles. The van der Waals surface area contributed by atoms with Crippen molar-refractivity contribution in [1.29, 1.82) is 0 Å². The monoisotopic (exact) mass is 267 g/mol. The third kappa shape index (κ3) is 2.23. The standard InChI is InChI=1S/C16H10ClNO/c17-15-10-18-8-7-14(15)16(19)13-6-5-11-3-1-2-4-12(11)9-13/h1-10H. The van der Waals surface area contributed by atoms with Crippen LogP contribution in [0.1, 0.15) is 15.9 Å². The molecule has 0 unspecified atom stereocenters. The van der Waals surface area contributed by atoms with Gasteiger partial charge in [-0.2, -0.15) is 0 Å². The molecule has 0 N–H and O–H groups in total. The molecular weight excluding hydrogens is 258 g/mol. The highest BCUT2D eigenvalue weighted by Gasteiger charge is 2.12. The van der Waals surface area contributed by atoms with Crippen LogP contribution in [0, 0.1) is 0 Å². The topological polar surface area (TPSA) is 30.0 Å². The summed E-state index contributed by atoms with van der Waals surface area (Å²) < 4.78 is 0. The van der Waals surface area contributed by atoms with Gasteiger partial charge in [0.15, 0.2) is 5.78 Å². The fraction of sp³-hybridized carbons (Fsp3) is 0. The molecule has 3 heteroatoms. The van der Waals surface area contributed by atoms with Crippen molar-refractivity contribution in [2.24, 2.45) is 0 Å². The van der Waals surface area contributed by atoms with Gasteiger partial charge in [0.1, 0.15) is 0 Å². The first-order valence-corrected chi connectivity index (χ1v) is 6.26. The maximum atomic E-state index is 12.4. The highest BCUT2D eigenvalue weighted by atomic mass is 35.5. The van der Waals surface area contributed by atoms with Crippen molar-refractivity contribution < 1.29 is 4.79 Å². The first-order chi connectivity index (χ1) is 9.25. The third-order valence-electron chi connectivity index (χ3n) is 3.03. The number of hydrogen-bond donors (Lipinski definition) is 0. The molecule has 0 aliphatic carbocycles. The zero-order valence-corrected chi connectivity index (χ0v) is 10.8. The molecule has 3 aromatic rings. The van der Waals surface area contributed by atoms with E-state index in [0.717, 1.165) is 10.8 Å². The van der Waals surface area contributed by atoms with Crippen molar-refractivity contribution >= 4 is 28.2 Å². The molecule has 0 aliphatic heterocycles. The smallest absolute Gasteiger partial charge is 0.194 e. The number of fused-ring (bicyclic) bond motifs is 1. The number of halogens is 1. The van der Waals surface area contributed by atoms with Gasteiger partial charge in [-0.1, -0.05) is 48.0 Å². The first kappa shape index (κ1) is 11.9. The van der Waals surface area contributed by atoms with Gasteiger partial charge in [-0.25, -0.2) is 0 Å². The van der Waals surface area contributed by atoms with Crippen LogP contribution < -0.4 is 0 Å². The van der Waals surface area contributed by atoms with Crippen molar-refractivity contribution in [3.63, 3.8) is 0 Å². The fourth-order valence-corrected chi connectivity index (χ4v) is 2.25. The number of carbonyl (C=O) groups excluding carboxylic acids is 1. The summed E-state index contributed by atoms with van der Waals surface area (Å²) in [4.78, 5) is 16.3. The predicted octanol–water partition coefficient (Wildman–Crippen LogP) is 4.12. The molecule has 0 bridgehead atoms. The summed E-state index contributed by atoms with van der Waals surface area (Å²) in [5.41, 5.74) is 1.11. The van der Waals surface area contributed by atoms with Gasteiger partial charge in [-0.3, -0.25) is 9.78 Å². The molecule has 19 heavy (non-hydrogen) atoms. The Labute approximate surface area is 115 Å². The Morgan fingerprint density at radius 1 is 1.00 bits per heavy atom. The van der Waals surface area contributed by atoms with Crippen molar-refractivity contribution in [2.45, 2.75) is 0 Å². The van der Waals surface area contributed by atoms with Gasteiger partial charge in [0.05, 0.1) is 5.02 Å². The lowest BCUT2D eigenvalue weighted by Crippen LogP contribution is -2.02. The molecular formula is C16H10ClNO. The van der Waals surface area contributed by atoms with Gasteiger partial charge in [0.25, 0.3) is 0 Å². The minimum absolute atomic E-state index is 0.0850. The number of pyridine rings is 1. The number of carbonyl (C=O) groups is 1. The van der Waals surface area contributed by atoms with E-state index in [0.29, 0.717) is 16.1 Å². The largest absolute Gasteiger partial charge is 0.289 e. The number of nitrogens with zero attached hydrogens (tertiary/aromatic N) is 1. The van der Waals surface area contributed by atoms with Crippen LogP contribution in [0.2, 0.25) is 5.02 Å². The van der Waals surface area contributed by atoms with Gasteiger partial charge >= 0.3 is 0 Å². The number of benzene rings is 2. The van der Waals surface area contributed by atoms with Crippen LogP contribution in [0.15, 0.2) is 60.9 Å². The summed E-state index contributed by atoms with van der Waals surface area (Å²) in [6.07, 6.45) is 3.05. The van der Waals surface area contributed by atoms with Crippen LogP contribution in [0.3, 0.4) is 0 Å². The second-order valence-electron chi connectivity index (χ2n) is 4.25. The number of ketones is 1. The average Bonchev–Trinajstić information content (AvgIpc) is 2.46. The molecule has 0 atom stereocenters. The van der Waals surface area contributed by atoms with E-state index in [9.17, 15) is 4.79 Å². The predicted molar refractivity (Wildman–Crippen MR) is 76.6 cm³/mol. The summed E-state index contributed by atoms with van der Waals surface area (Å²) >= 11 is 6.00. The molecule has 0 spiro atoms. The van der Waals surface area contributed by atoms with Gasteiger partial charge in [0.2, 0.25) is 0 Å². The molecule has 1 aromatic heterocycles. The van der Waals surface area contributed by atoms with E-state index in [1.165, 1.54) is 6.20 Å². The lowest BCUT2D eigenvalue weighted by Gasteiger charge is -2.04. The normalized spacial score (nSPS) is 10.6. The minimum Gasteiger partial charge on any atom is -0.289 e. The maximum absolute atomic E-state index is 12.4. The summed E-state index contributed by atoms with van der Waals surface area (Å²) in [6.45, 7) is 0. The second kappa shape index (κ2) is 4.82. The number of aromatic nitrogens is 1. The Balaban J connectivity index is 2.09. The first-order valence-electron chi connectivity index (χ1n) is 5.89. The molecule has 3 rings (SSSR count). The Morgan fingerprint density at radius 2 is 1.79 bits per heavy atom. The zero-order chi connectivity index (χ0) is 13.2. The molecule has 0 saturated heterocycles. The van der Waals surface area contributed by atoms with E-state index >= 15 is 0 Å². The number of hydrogen-bond acceptors (Lipinski definition) is 2.